The van der Waals surface area contributed by atoms with Crippen LogP contribution in [0.1, 0.15) is 79.2 Å². The number of carbonyl (C=O) groups excluding carboxylic acids is 2. The van der Waals surface area contributed by atoms with E-state index in [0.29, 0.717) is 0 Å². The molecule has 37 heavy (non-hydrogen) atoms. The quantitative estimate of drug-likeness (QED) is 0.400. The molecule has 1 aliphatic rings. The summed E-state index contributed by atoms with van der Waals surface area (Å²) < 4.78 is 0. The van der Waals surface area contributed by atoms with E-state index in [2.05, 4.69) is 22.8 Å². The minimum Gasteiger partial charge on any atom is -0.478 e. The first-order chi connectivity index (χ1) is 17.3. The first kappa shape index (κ1) is 30.6. The summed E-state index contributed by atoms with van der Waals surface area (Å²) in [5, 5.41) is 15.8. The molecule has 1 aromatic carbocycles. The van der Waals surface area contributed by atoms with Crippen molar-refractivity contribution >= 4 is 17.8 Å². The van der Waals surface area contributed by atoms with Crippen molar-refractivity contribution in [1.82, 2.24) is 15.5 Å². The summed E-state index contributed by atoms with van der Waals surface area (Å²) in [6.45, 7) is 11.3. The van der Waals surface area contributed by atoms with Crippen LogP contribution in [0.5, 0.6) is 0 Å². The van der Waals surface area contributed by atoms with E-state index >= 15 is 0 Å². The van der Waals surface area contributed by atoms with Crippen LogP contribution in [-0.4, -0.2) is 60.0 Å². The van der Waals surface area contributed by atoms with Gasteiger partial charge in [0.25, 0.3) is 0 Å². The fraction of sp³-hybridized carbons (Fsp3) is 0.633. The van der Waals surface area contributed by atoms with Crippen LogP contribution in [0.2, 0.25) is 0 Å². The number of benzene rings is 1. The summed E-state index contributed by atoms with van der Waals surface area (Å²) in [5.74, 6) is -1.44. The number of nitrogens with zero attached hydrogens (tertiary/aromatic N) is 1. The number of nitrogens with one attached hydrogen (secondary N) is 2. The van der Waals surface area contributed by atoms with Crippen molar-refractivity contribution in [2.75, 3.05) is 14.1 Å². The van der Waals surface area contributed by atoms with E-state index in [1.807, 2.05) is 59.9 Å². The predicted octanol–water partition coefficient (Wildman–Crippen LogP) is 4.52. The standard InChI is InChI=1S/C30H47N3O4/c1-20(2)23(19-21(3)28(36)37)33(8)27(35)25(29(4,5)6)32-26(34)24(31-7)30(17-13-10-14-18-30)22-15-11-9-12-16-22/h9,11-12,15-16,19-20,23-25,31H,10,13-14,17-18H2,1-8H3,(H,32,34)(H,36,37)/b21-19+/t23-,24-,25-/m1/s1. The monoisotopic (exact) mass is 513 g/mol. The maximum Gasteiger partial charge on any atom is 0.331 e. The van der Waals surface area contributed by atoms with Crippen molar-refractivity contribution in [3.05, 3.63) is 47.5 Å². The number of carbonyl (C=O) groups is 3. The van der Waals surface area contributed by atoms with Crippen molar-refractivity contribution in [3.8, 4) is 0 Å². The van der Waals surface area contributed by atoms with E-state index in [-0.39, 0.29) is 28.7 Å². The van der Waals surface area contributed by atoms with Crippen molar-refractivity contribution in [1.29, 1.82) is 0 Å². The lowest BCUT2D eigenvalue weighted by Gasteiger charge is -2.44. The molecule has 1 fully saturated rings. The van der Waals surface area contributed by atoms with Gasteiger partial charge in [0.2, 0.25) is 11.8 Å². The fourth-order valence-electron chi connectivity index (χ4n) is 5.66. The van der Waals surface area contributed by atoms with Gasteiger partial charge in [-0.25, -0.2) is 4.79 Å². The van der Waals surface area contributed by atoms with Gasteiger partial charge in [0.15, 0.2) is 0 Å². The van der Waals surface area contributed by atoms with Crippen LogP contribution in [0, 0.1) is 11.3 Å². The molecule has 0 aromatic heterocycles. The third kappa shape index (κ3) is 7.22. The normalized spacial score (nSPS) is 18.6. The molecular formula is C30H47N3O4. The molecule has 2 rings (SSSR count). The highest BCUT2D eigenvalue weighted by Crippen LogP contribution is 2.42. The molecule has 1 aromatic rings. The van der Waals surface area contributed by atoms with E-state index in [9.17, 15) is 19.5 Å². The smallest absolute Gasteiger partial charge is 0.331 e. The summed E-state index contributed by atoms with van der Waals surface area (Å²) in [6.07, 6.45) is 6.68. The van der Waals surface area contributed by atoms with Gasteiger partial charge in [0, 0.05) is 18.0 Å². The molecule has 3 atom stereocenters. The molecule has 1 saturated carbocycles. The third-order valence-corrected chi connectivity index (χ3v) is 7.83. The Morgan fingerprint density at radius 1 is 1.05 bits per heavy atom. The largest absolute Gasteiger partial charge is 0.478 e. The van der Waals surface area contributed by atoms with Gasteiger partial charge in [-0.05, 0) is 43.7 Å². The van der Waals surface area contributed by atoms with Crippen LogP contribution in [0.25, 0.3) is 0 Å². The van der Waals surface area contributed by atoms with Gasteiger partial charge in [-0.1, -0.05) is 90.3 Å². The van der Waals surface area contributed by atoms with Crippen molar-refractivity contribution in [3.63, 3.8) is 0 Å². The SMILES string of the molecule is CN[C@H](C(=O)N[C@H](C(=O)N(C)[C@H](/C=C(\C)C(=O)O)C(C)C)C(C)(C)C)C1(c2ccccc2)CCCCC1. The second-order valence-corrected chi connectivity index (χ2v) is 12.0. The van der Waals surface area contributed by atoms with Crippen LogP contribution in [0.15, 0.2) is 42.0 Å². The fourth-order valence-corrected chi connectivity index (χ4v) is 5.66. The average Bonchev–Trinajstić information content (AvgIpc) is 2.85. The molecule has 0 spiro atoms. The summed E-state index contributed by atoms with van der Waals surface area (Å²) in [5.41, 5.74) is 0.428. The predicted molar refractivity (Wildman–Crippen MR) is 148 cm³/mol. The van der Waals surface area contributed by atoms with Crippen LogP contribution >= 0.6 is 0 Å². The number of likely N-dealkylation sites (N-methyl/N-ethyl adjacent to an activating group) is 2. The second kappa shape index (κ2) is 12.7. The molecule has 1 aliphatic carbocycles. The molecule has 3 N–H and O–H groups in total. The Labute approximate surface area is 223 Å². The molecule has 0 unspecified atom stereocenters. The van der Waals surface area contributed by atoms with E-state index in [0.717, 1.165) is 37.7 Å². The van der Waals surface area contributed by atoms with Crippen molar-refractivity contribution in [2.24, 2.45) is 11.3 Å². The maximum absolute atomic E-state index is 14.0. The van der Waals surface area contributed by atoms with Gasteiger partial charge in [-0.15, -0.1) is 0 Å². The third-order valence-electron chi connectivity index (χ3n) is 7.83. The molecule has 7 nitrogen and oxygen atoms in total. The lowest BCUT2D eigenvalue weighted by molar-refractivity contribution is -0.141. The first-order valence-corrected chi connectivity index (χ1v) is 13.5. The van der Waals surface area contributed by atoms with Crippen LogP contribution in [-0.2, 0) is 19.8 Å². The Morgan fingerprint density at radius 2 is 1.62 bits per heavy atom. The molecule has 0 heterocycles. The summed E-state index contributed by atoms with van der Waals surface area (Å²) in [7, 11) is 3.50. The number of aliphatic carboxylic acids is 1. The molecule has 0 bridgehead atoms. The number of amides is 2. The lowest BCUT2D eigenvalue weighted by atomic mass is 9.64. The molecule has 0 aliphatic heterocycles. The first-order valence-electron chi connectivity index (χ1n) is 13.5. The highest BCUT2D eigenvalue weighted by atomic mass is 16.4. The molecule has 0 radical (unpaired) electrons. The summed E-state index contributed by atoms with van der Waals surface area (Å²) in [6, 6.07) is 8.55. The maximum atomic E-state index is 14.0. The number of hydrogen-bond donors (Lipinski definition) is 3. The molecule has 7 heteroatoms. The van der Waals surface area contributed by atoms with Gasteiger partial charge in [-0.3, -0.25) is 9.59 Å². The minimum absolute atomic E-state index is 0.00628. The van der Waals surface area contributed by atoms with Crippen molar-refractivity contribution < 1.29 is 19.5 Å². The minimum atomic E-state index is -1.01. The topological polar surface area (TPSA) is 98.7 Å². The zero-order valence-electron chi connectivity index (χ0n) is 23.9. The number of carboxylic acid groups (broad SMARTS) is 1. The van der Waals surface area contributed by atoms with E-state index in [1.54, 1.807) is 18.0 Å². The second-order valence-electron chi connectivity index (χ2n) is 12.0. The highest BCUT2D eigenvalue weighted by Gasteiger charge is 2.46. The van der Waals surface area contributed by atoms with Crippen LogP contribution in [0.3, 0.4) is 0 Å². The van der Waals surface area contributed by atoms with Gasteiger partial charge >= 0.3 is 5.97 Å². The van der Waals surface area contributed by atoms with Gasteiger partial charge < -0.3 is 20.6 Å². The van der Waals surface area contributed by atoms with Gasteiger partial charge in [0.05, 0.1) is 12.1 Å². The van der Waals surface area contributed by atoms with Gasteiger partial charge in [0.1, 0.15) is 6.04 Å². The molecule has 2 amide bonds. The average molecular weight is 514 g/mol. The lowest BCUT2D eigenvalue weighted by Crippen LogP contribution is -2.62. The molecule has 0 saturated heterocycles. The summed E-state index contributed by atoms with van der Waals surface area (Å²) >= 11 is 0. The van der Waals surface area contributed by atoms with E-state index < -0.39 is 29.5 Å². The Balaban J connectivity index is 2.41. The Hall–Kier alpha value is -2.67. The Morgan fingerprint density at radius 3 is 2.08 bits per heavy atom. The zero-order valence-corrected chi connectivity index (χ0v) is 23.9. The summed E-state index contributed by atoms with van der Waals surface area (Å²) in [4.78, 5) is 40.9. The zero-order chi connectivity index (χ0) is 28.0. The van der Waals surface area contributed by atoms with E-state index in [1.165, 1.54) is 6.92 Å². The molecular weight excluding hydrogens is 466 g/mol. The van der Waals surface area contributed by atoms with E-state index in [4.69, 9.17) is 0 Å². The number of rotatable bonds is 10. The van der Waals surface area contributed by atoms with Crippen LogP contribution < -0.4 is 10.6 Å². The van der Waals surface area contributed by atoms with Gasteiger partial charge in [-0.2, -0.15) is 0 Å². The number of carboxylic acids is 1. The van der Waals surface area contributed by atoms with Crippen LogP contribution in [0.4, 0.5) is 0 Å². The van der Waals surface area contributed by atoms with Crippen molar-refractivity contribution in [2.45, 2.75) is 97.2 Å². The Bertz CT molecular complexity index is 959. The Kier molecular flexibility index (Phi) is 10.5. The molecule has 206 valence electrons. The highest BCUT2D eigenvalue weighted by molar-refractivity contribution is 5.92. The number of hydrogen-bond acceptors (Lipinski definition) is 4.